The second kappa shape index (κ2) is 11.4. The van der Waals surface area contributed by atoms with Crippen LogP contribution in [0.15, 0.2) is 89.8 Å². The highest BCUT2D eigenvalue weighted by atomic mass is 32.2. The van der Waals surface area contributed by atoms with Crippen molar-refractivity contribution in [3.63, 3.8) is 0 Å². The predicted molar refractivity (Wildman–Crippen MR) is 127 cm³/mol. The Balaban J connectivity index is 1.84. The second-order valence-corrected chi connectivity index (χ2v) is 8.79. The van der Waals surface area contributed by atoms with E-state index in [1.54, 1.807) is 24.3 Å². The number of amides is 1. The number of hydrogen-bond acceptors (Lipinski definition) is 4. The molecule has 0 heterocycles. The first-order chi connectivity index (χ1) is 15.4. The lowest BCUT2D eigenvalue weighted by Gasteiger charge is -2.23. The molecule has 0 spiro atoms. The van der Waals surface area contributed by atoms with Crippen molar-refractivity contribution >= 4 is 23.6 Å². The fraction of sp³-hybridized carbons (Fsp3) is 0.231. The standard InChI is InChI=1S/C26H27NO4S/c1-18(2)31-21-15-13-19(14-16-21)23(17-24(28)29)27-26(30)25(20-9-5-3-6-10-20)32-22-11-7-4-8-12-22/h3-16,18,23,25H,17H2,1-2H3,(H,27,30)(H,28,29)/t23-,25-/m1/s1. The summed E-state index contributed by atoms with van der Waals surface area (Å²) in [4.78, 5) is 25.9. The van der Waals surface area contributed by atoms with Crippen LogP contribution in [0.4, 0.5) is 0 Å². The fourth-order valence-electron chi connectivity index (χ4n) is 3.26. The lowest BCUT2D eigenvalue weighted by Crippen LogP contribution is -2.33. The van der Waals surface area contributed by atoms with Gasteiger partial charge in [0.05, 0.1) is 18.6 Å². The number of carbonyl (C=O) groups is 2. The van der Waals surface area contributed by atoms with Crippen LogP contribution in [-0.2, 0) is 9.59 Å². The smallest absolute Gasteiger partial charge is 0.305 e. The molecule has 0 fully saturated rings. The third-order valence-corrected chi connectivity index (χ3v) is 5.95. The van der Waals surface area contributed by atoms with Crippen LogP contribution >= 0.6 is 11.8 Å². The third kappa shape index (κ3) is 6.89. The molecule has 1 amide bonds. The van der Waals surface area contributed by atoms with Crippen molar-refractivity contribution in [2.24, 2.45) is 0 Å². The molecule has 3 aromatic rings. The summed E-state index contributed by atoms with van der Waals surface area (Å²) in [5.74, 6) is -0.519. The van der Waals surface area contributed by atoms with Crippen molar-refractivity contribution in [2.45, 2.75) is 42.6 Å². The quantitative estimate of drug-likeness (QED) is 0.392. The molecule has 0 radical (unpaired) electrons. The van der Waals surface area contributed by atoms with Gasteiger partial charge in [-0.25, -0.2) is 0 Å². The van der Waals surface area contributed by atoms with E-state index in [1.165, 1.54) is 11.8 Å². The molecule has 0 saturated heterocycles. The molecule has 2 atom stereocenters. The van der Waals surface area contributed by atoms with Gasteiger partial charge in [-0.15, -0.1) is 11.8 Å². The maximum atomic E-state index is 13.4. The molecule has 0 aliphatic carbocycles. The van der Waals surface area contributed by atoms with Crippen molar-refractivity contribution < 1.29 is 19.4 Å². The Kier molecular flexibility index (Phi) is 8.34. The number of carboxylic acids is 1. The van der Waals surface area contributed by atoms with Crippen molar-refractivity contribution in [3.05, 3.63) is 96.1 Å². The van der Waals surface area contributed by atoms with Crippen molar-refractivity contribution in [3.8, 4) is 5.75 Å². The predicted octanol–water partition coefficient (Wildman–Crippen LogP) is 5.64. The number of aliphatic carboxylic acids is 1. The number of thioether (sulfide) groups is 1. The molecule has 166 valence electrons. The van der Waals surface area contributed by atoms with E-state index < -0.39 is 17.3 Å². The lowest BCUT2D eigenvalue weighted by molar-refractivity contribution is -0.137. The van der Waals surface area contributed by atoms with Gasteiger partial charge < -0.3 is 15.2 Å². The molecule has 6 heteroatoms. The van der Waals surface area contributed by atoms with E-state index in [9.17, 15) is 14.7 Å². The molecular formula is C26H27NO4S. The zero-order chi connectivity index (χ0) is 22.9. The Hall–Kier alpha value is -3.25. The first-order valence-electron chi connectivity index (χ1n) is 10.5. The minimum atomic E-state index is -0.982. The Morgan fingerprint density at radius 3 is 2.03 bits per heavy atom. The molecule has 2 N–H and O–H groups in total. The first kappa shape index (κ1) is 23.4. The van der Waals surface area contributed by atoms with Gasteiger partial charge in [0.2, 0.25) is 5.91 Å². The van der Waals surface area contributed by atoms with Gasteiger partial charge in [0.15, 0.2) is 0 Å². The van der Waals surface area contributed by atoms with Crippen molar-refractivity contribution in [2.75, 3.05) is 0 Å². The third-order valence-electron chi connectivity index (χ3n) is 4.69. The van der Waals surface area contributed by atoms with Crippen LogP contribution in [0.5, 0.6) is 5.75 Å². The van der Waals surface area contributed by atoms with Crippen LogP contribution in [0, 0.1) is 0 Å². The average molecular weight is 450 g/mol. The van der Waals surface area contributed by atoms with Gasteiger partial charge in [0, 0.05) is 4.90 Å². The maximum absolute atomic E-state index is 13.4. The highest BCUT2D eigenvalue weighted by molar-refractivity contribution is 8.00. The van der Waals surface area contributed by atoms with Gasteiger partial charge in [0.1, 0.15) is 11.0 Å². The van der Waals surface area contributed by atoms with E-state index in [0.29, 0.717) is 11.3 Å². The lowest BCUT2D eigenvalue weighted by atomic mass is 10.0. The van der Waals surface area contributed by atoms with E-state index in [-0.39, 0.29) is 18.4 Å². The summed E-state index contributed by atoms with van der Waals surface area (Å²) in [6.07, 6.45) is -0.176. The van der Waals surface area contributed by atoms with Crippen molar-refractivity contribution in [1.29, 1.82) is 0 Å². The molecule has 0 aliphatic heterocycles. The molecular weight excluding hydrogens is 422 g/mol. The zero-order valence-electron chi connectivity index (χ0n) is 18.1. The minimum absolute atomic E-state index is 0.0389. The van der Waals surface area contributed by atoms with E-state index in [1.807, 2.05) is 74.5 Å². The molecule has 0 aliphatic rings. The molecule has 0 saturated carbocycles. The normalized spacial score (nSPS) is 12.7. The number of ether oxygens (including phenoxy) is 1. The van der Waals surface area contributed by atoms with Crippen LogP contribution in [0.1, 0.15) is 42.7 Å². The summed E-state index contributed by atoms with van der Waals surface area (Å²) in [6.45, 7) is 3.88. The number of carboxylic acid groups (broad SMARTS) is 1. The summed E-state index contributed by atoms with van der Waals surface area (Å²) in [6, 6.07) is 25.7. The maximum Gasteiger partial charge on any atom is 0.305 e. The number of carbonyl (C=O) groups excluding carboxylic acids is 1. The molecule has 3 aromatic carbocycles. The Morgan fingerprint density at radius 2 is 1.47 bits per heavy atom. The van der Waals surface area contributed by atoms with Gasteiger partial charge in [-0.05, 0) is 49.2 Å². The number of nitrogens with one attached hydrogen (secondary N) is 1. The van der Waals surface area contributed by atoms with Crippen LogP contribution in [0.25, 0.3) is 0 Å². The average Bonchev–Trinajstić information content (AvgIpc) is 2.78. The highest BCUT2D eigenvalue weighted by Gasteiger charge is 2.26. The van der Waals surface area contributed by atoms with E-state index in [0.717, 1.165) is 10.5 Å². The summed E-state index contributed by atoms with van der Waals surface area (Å²) in [5, 5.41) is 11.9. The second-order valence-electron chi connectivity index (χ2n) is 7.62. The van der Waals surface area contributed by atoms with Crippen LogP contribution in [0.2, 0.25) is 0 Å². The molecule has 32 heavy (non-hydrogen) atoms. The molecule has 0 bridgehead atoms. The van der Waals surface area contributed by atoms with E-state index in [4.69, 9.17) is 4.74 Å². The summed E-state index contributed by atoms with van der Waals surface area (Å²) in [7, 11) is 0. The topological polar surface area (TPSA) is 75.6 Å². The van der Waals surface area contributed by atoms with Gasteiger partial charge >= 0.3 is 5.97 Å². The minimum Gasteiger partial charge on any atom is -0.491 e. The van der Waals surface area contributed by atoms with Gasteiger partial charge in [-0.2, -0.15) is 0 Å². The van der Waals surface area contributed by atoms with Crippen LogP contribution in [-0.4, -0.2) is 23.1 Å². The summed E-state index contributed by atoms with van der Waals surface area (Å²) < 4.78 is 5.67. The molecule has 5 nitrogen and oxygen atoms in total. The number of benzene rings is 3. The number of rotatable bonds is 10. The molecule has 3 rings (SSSR count). The first-order valence-corrected chi connectivity index (χ1v) is 11.4. The highest BCUT2D eigenvalue weighted by Crippen LogP contribution is 2.36. The molecule has 0 unspecified atom stereocenters. The number of hydrogen-bond donors (Lipinski definition) is 2. The van der Waals surface area contributed by atoms with Crippen LogP contribution in [0.3, 0.4) is 0 Å². The zero-order valence-corrected chi connectivity index (χ0v) is 18.9. The Morgan fingerprint density at radius 1 is 0.875 bits per heavy atom. The van der Waals surface area contributed by atoms with Gasteiger partial charge in [-0.1, -0.05) is 60.7 Å². The monoisotopic (exact) mass is 449 g/mol. The molecule has 0 aromatic heterocycles. The largest absolute Gasteiger partial charge is 0.491 e. The van der Waals surface area contributed by atoms with E-state index in [2.05, 4.69) is 5.32 Å². The van der Waals surface area contributed by atoms with E-state index >= 15 is 0 Å². The fourth-order valence-corrected chi connectivity index (χ4v) is 4.32. The van der Waals surface area contributed by atoms with Crippen molar-refractivity contribution in [1.82, 2.24) is 5.32 Å². The Labute approximate surface area is 192 Å². The SMILES string of the molecule is CC(C)Oc1ccc([C@@H](CC(=O)O)NC(=O)[C@H](Sc2ccccc2)c2ccccc2)cc1. The van der Waals surface area contributed by atoms with Gasteiger partial charge in [-0.3, -0.25) is 9.59 Å². The summed E-state index contributed by atoms with van der Waals surface area (Å²) in [5.41, 5.74) is 1.57. The van der Waals surface area contributed by atoms with Gasteiger partial charge in [0.25, 0.3) is 0 Å². The van der Waals surface area contributed by atoms with Crippen LogP contribution < -0.4 is 10.1 Å². The summed E-state index contributed by atoms with van der Waals surface area (Å²) >= 11 is 1.44. The Bertz CT molecular complexity index is 1010.